The Kier molecular flexibility index (Phi) is 4.05. The summed E-state index contributed by atoms with van der Waals surface area (Å²) in [5.41, 5.74) is 3.22. The van der Waals surface area contributed by atoms with Crippen LogP contribution in [0.5, 0.6) is 0 Å². The molecule has 0 aromatic heterocycles. The van der Waals surface area contributed by atoms with Crippen molar-refractivity contribution in [3.63, 3.8) is 0 Å². The minimum absolute atomic E-state index is 0.000996. The van der Waals surface area contributed by atoms with Gasteiger partial charge in [-0.05, 0) is 6.42 Å². The zero-order valence-corrected chi connectivity index (χ0v) is 11.8. The molecule has 2 N–H and O–H groups in total. The Morgan fingerprint density at radius 1 is 1.50 bits per heavy atom. The predicted octanol–water partition coefficient (Wildman–Crippen LogP) is 0.871. The van der Waals surface area contributed by atoms with Crippen LogP contribution in [0.3, 0.4) is 0 Å². The van der Waals surface area contributed by atoms with Crippen LogP contribution in [0.2, 0.25) is 0 Å². The third-order valence-electron chi connectivity index (χ3n) is 2.94. The van der Waals surface area contributed by atoms with Crippen molar-refractivity contribution in [2.45, 2.75) is 26.3 Å². The molecule has 5 heteroatoms. The minimum Gasteiger partial charge on any atom is -0.379 e. The van der Waals surface area contributed by atoms with E-state index in [-0.39, 0.29) is 11.9 Å². The molecule has 0 saturated heterocycles. The quantitative estimate of drug-likeness (QED) is 0.781. The van der Waals surface area contributed by atoms with Gasteiger partial charge in [0, 0.05) is 31.3 Å². The van der Waals surface area contributed by atoms with Crippen LogP contribution in [0.15, 0.2) is 17.1 Å². The van der Waals surface area contributed by atoms with Gasteiger partial charge in [-0.3, -0.25) is 9.79 Å². The van der Waals surface area contributed by atoms with Gasteiger partial charge >= 0.3 is 0 Å². The van der Waals surface area contributed by atoms with Crippen LogP contribution < -0.4 is 15.1 Å². The van der Waals surface area contributed by atoms with Gasteiger partial charge in [0.15, 0.2) is 16.3 Å². The number of nitrogens with zero attached hydrogens (tertiary/aromatic N) is 1. The summed E-state index contributed by atoms with van der Waals surface area (Å²) in [5.74, 6) is 0.000996. The van der Waals surface area contributed by atoms with E-state index in [1.807, 2.05) is 6.21 Å². The van der Waals surface area contributed by atoms with Gasteiger partial charge in [-0.1, -0.05) is 19.1 Å². The number of amides is 1. The Balaban J connectivity index is 2.06. The Hall–Kier alpha value is -1.31. The number of hydrogen-bond donors (Lipinski definition) is 2. The van der Waals surface area contributed by atoms with E-state index in [0.29, 0.717) is 6.54 Å². The lowest BCUT2D eigenvalue weighted by atomic mass is 10.1. The molecule has 1 aromatic carbocycles. The summed E-state index contributed by atoms with van der Waals surface area (Å²) in [6.07, 6.45) is 2.81. The number of fused-ring (bicyclic) bond motifs is 1. The highest BCUT2D eigenvalue weighted by atomic mass is 27.0. The van der Waals surface area contributed by atoms with E-state index in [1.165, 1.54) is 12.5 Å². The van der Waals surface area contributed by atoms with Crippen LogP contribution in [0, 0.1) is 0 Å². The molecule has 1 aliphatic heterocycles. The molecule has 1 atom stereocenters. The lowest BCUT2D eigenvalue weighted by Crippen LogP contribution is -2.35. The van der Waals surface area contributed by atoms with Crippen LogP contribution in [-0.4, -0.2) is 41.0 Å². The number of anilines is 1. The summed E-state index contributed by atoms with van der Waals surface area (Å²) >= 11 is 2.70. The molecule has 1 aromatic rings. The first kappa shape index (κ1) is 13.1. The SMILES string of the molecule is CCC(CNC(C)=O)Nc1c[c]([Al])cc2c1N=C2. The molecule has 0 spiro atoms. The van der Waals surface area contributed by atoms with Gasteiger partial charge in [-0.25, -0.2) is 0 Å². The normalized spacial score (nSPS) is 13.4. The van der Waals surface area contributed by atoms with Crippen LogP contribution in [0.1, 0.15) is 25.8 Å². The van der Waals surface area contributed by atoms with Crippen molar-refractivity contribution in [1.29, 1.82) is 0 Å². The van der Waals surface area contributed by atoms with E-state index in [9.17, 15) is 4.79 Å². The first-order valence-electron chi connectivity index (χ1n) is 6.08. The van der Waals surface area contributed by atoms with Gasteiger partial charge < -0.3 is 10.6 Å². The maximum Gasteiger partial charge on any atom is 0.216 e. The maximum absolute atomic E-state index is 10.9. The number of carbonyl (C=O) groups excluding carboxylic acids is 1. The Morgan fingerprint density at radius 3 is 2.83 bits per heavy atom. The van der Waals surface area contributed by atoms with Gasteiger partial charge in [-0.2, -0.15) is 0 Å². The lowest BCUT2D eigenvalue weighted by Gasteiger charge is -2.23. The Labute approximate surface area is 115 Å². The van der Waals surface area contributed by atoms with Crippen molar-refractivity contribution in [1.82, 2.24) is 5.32 Å². The predicted molar refractivity (Wildman–Crippen MR) is 75.5 cm³/mol. The average Bonchev–Trinajstić information content (AvgIpc) is 2.28. The van der Waals surface area contributed by atoms with Gasteiger partial charge in [0.25, 0.3) is 0 Å². The smallest absolute Gasteiger partial charge is 0.216 e. The number of benzene rings is 1. The van der Waals surface area contributed by atoms with E-state index in [2.05, 4.69) is 51.0 Å². The molecular formula is C13H16AlN3O. The molecule has 2 radical (unpaired) electrons. The summed E-state index contributed by atoms with van der Waals surface area (Å²) in [5, 5.41) is 6.28. The highest BCUT2D eigenvalue weighted by molar-refractivity contribution is 6.33. The third-order valence-corrected chi connectivity index (χ3v) is 3.28. The summed E-state index contributed by atoms with van der Waals surface area (Å²) in [6, 6.07) is 4.38. The molecule has 18 heavy (non-hydrogen) atoms. The molecule has 1 unspecified atom stereocenters. The fourth-order valence-corrected chi connectivity index (χ4v) is 2.23. The molecule has 1 aliphatic rings. The molecule has 0 fully saturated rings. The Morgan fingerprint density at radius 2 is 2.28 bits per heavy atom. The minimum atomic E-state index is 0.000996. The zero-order valence-electron chi connectivity index (χ0n) is 10.7. The van der Waals surface area contributed by atoms with Crippen molar-refractivity contribution >= 4 is 44.2 Å². The average molecular weight is 257 g/mol. The van der Waals surface area contributed by atoms with Crippen molar-refractivity contribution in [2.24, 2.45) is 4.99 Å². The molecule has 1 heterocycles. The standard InChI is InChI=1S/C13H16N3O.Al/c1-3-11(8-14-9(2)17)16-12-6-4-5-10-7-15-13(10)12;/h5-7,11,16H,3,8H2,1-2H3,(H,14,17);. The molecule has 92 valence electrons. The molecule has 0 aliphatic carbocycles. The first-order valence-corrected chi connectivity index (χ1v) is 6.66. The number of carbonyl (C=O) groups is 1. The van der Waals surface area contributed by atoms with Crippen molar-refractivity contribution < 1.29 is 4.79 Å². The molecular weight excluding hydrogens is 241 g/mol. The highest BCUT2D eigenvalue weighted by Gasteiger charge is 2.15. The topological polar surface area (TPSA) is 53.5 Å². The van der Waals surface area contributed by atoms with Gasteiger partial charge in [0.2, 0.25) is 5.91 Å². The highest BCUT2D eigenvalue weighted by Crippen LogP contribution is 2.33. The number of aliphatic imine (C=N–C) groups is 1. The Bertz CT molecular complexity index is 499. The van der Waals surface area contributed by atoms with Gasteiger partial charge in [0.05, 0.1) is 11.4 Å². The second kappa shape index (κ2) is 5.56. The number of nitrogens with one attached hydrogen (secondary N) is 2. The van der Waals surface area contributed by atoms with Gasteiger partial charge in [0.1, 0.15) is 0 Å². The fourth-order valence-electron chi connectivity index (χ4n) is 1.88. The van der Waals surface area contributed by atoms with E-state index in [0.717, 1.165) is 22.2 Å². The largest absolute Gasteiger partial charge is 0.379 e. The summed E-state index contributed by atoms with van der Waals surface area (Å²) in [7, 11) is 0. The van der Waals surface area contributed by atoms with Crippen LogP contribution in [-0.2, 0) is 4.79 Å². The fraction of sp³-hybridized carbons (Fsp3) is 0.385. The van der Waals surface area contributed by atoms with Crippen LogP contribution in [0.4, 0.5) is 11.4 Å². The summed E-state index contributed by atoms with van der Waals surface area (Å²) < 4.78 is 1.14. The summed E-state index contributed by atoms with van der Waals surface area (Å²) in [6.45, 7) is 4.26. The van der Waals surface area contributed by atoms with Gasteiger partial charge in [-0.15, -0.1) is 4.43 Å². The van der Waals surface area contributed by atoms with Crippen molar-refractivity contribution in [2.75, 3.05) is 11.9 Å². The second-order valence-corrected chi connectivity index (χ2v) is 5.12. The summed E-state index contributed by atoms with van der Waals surface area (Å²) in [4.78, 5) is 15.2. The first-order chi connectivity index (χ1) is 8.60. The maximum atomic E-state index is 10.9. The van der Waals surface area contributed by atoms with Crippen molar-refractivity contribution in [3.05, 3.63) is 17.7 Å². The number of hydrogen-bond acceptors (Lipinski definition) is 3. The monoisotopic (exact) mass is 257 g/mol. The van der Waals surface area contributed by atoms with Crippen molar-refractivity contribution in [3.8, 4) is 0 Å². The van der Waals surface area contributed by atoms with Crippen LogP contribution in [0.25, 0.3) is 0 Å². The third kappa shape index (κ3) is 2.92. The van der Waals surface area contributed by atoms with Crippen LogP contribution >= 0.6 is 0 Å². The molecule has 1 amide bonds. The molecule has 0 saturated carbocycles. The molecule has 0 bridgehead atoms. The lowest BCUT2D eigenvalue weighted by molar-refractivity contribution is -0.119. The second-order valence-electron chi connectivity index (χ2n) is 4.45. The number of rotatable bonds is 5. The molecule has 2 rings (SSSR count). The van der Waals surface area contributed by atoms with E-state index >= 15 is 0 Å². The van der Waals surface area contributed by atoms with E-state index < -0.39 is 0 Å². The van der Waals surface area contributed by atoms with E-state index in [4.69, 9.17) is 0 Å². The van der Waals surface area contributed by atoms with E-state index in [1.54, 1.807) is 0 Å². The zero-order chi connectivity index (χ0) is 13.1. The molecule has 4 nitrogen and oxygen atoms in total.